The van der Waals surface area contributed by atoms with Gasteiger partial charge in [0.1, 0.15) is 0 Å². The predicted octanol–water partition coefficient (Wildman–Crippen LogP) is 0.584. The molecule has 4 nitrogen and oxygen atoms in total. The molecule has 14 heavy (non-hydrogen) atoms. The minimum absolute atomic E-state index is 0.0614. The van der Waals surface area contributed by atoms with Crippen LogP contribution in [0.3, 0.4) is 0 Å². The Morgan fingerprint density at radius 1 is 1.57 bits per heavy atom. The van der Waals surface area contributed by atoms with Gasteiger partial charge in [-0.1, -0.05) is 0 Å². The van der Waals surface area contributed by atoms with Gasteiger partial charge in [0.05, 0.1) is 5.56 Å². The smallest absolute Gasteiger partial charge is 0.264 e. The van der Waals surface area contributed by atoms with Crippen molar-refractivity contribution in [3.8, 4) is 0 Å². The molecule has 1 rings (SSSR count). The normalized spacial score (nSPS) is 10.6. The van der Waals surface area contributed by atoms with Gasteiger partial charge in [0.2, 0.25) is 0 Å². The SMILES string of the molecule is NCc1cc(C(F)F)c(C=O)c(=O)[nH]1. The molecule has 1 aromatic rings. The fourth-order valence-electron chi connectivity index (χ4n) is 1.06. The van der Waals surface area contributed by atoms with Crippen LogP contribution in [0.4, 0.5) is 8.78 Å². The molecule has 0 atom stereocenters. The van der Waals surface area contributed by atoms with Gasteiger partial charge in [0.25, 0.3) is 12.0 Å². The lowest BCUT2D eigenvalue weighted by atomic mass is 10.1. The van der Waals surface area contributed by atoms with Gasteiger partial charge >= 0.3 is 0 Å². The lowest BCUT2D eigenvalue weighted by Crippen LogP contribution is -2.19. The summed E-state index contributed by atoms with van der Waals surface area (Å²) in [6, 6.07) is 1.02. The van der Waals surface area contributed by atoms with E-state index in [1.54, 1.807) is 0 Å². The van der Waals surface area contributed by atoms with Crippen molar-refractivity contribution in [3.05, 3.63) is 33.2 Å². The first kappa shape index (κ1) is 10.5. The number of rotatable bonds is 3. The zero-order valence-corrected chi connectivity index (χ0v) is 7.09. The summed E-state index contributed by atoms with van der Waals surface area (Å²) in [5.74, 6) is 0. The number of pyridine rings is 1. The number of carbonyl (C=O) groups is 1. The van der Waals surface area contributed by atoms with Crippen molar-refractivity contribution in [1.82, 2.24) is 4.98 Å². The van der Waals surface area contributed by atoms with Gasteiger partial charge in [-0.15, -0.1) is 0 Å². The number of aromatic nitrogens is 1. The molecule has 6 heteroatoms. The van der Waals surface area contributed by atoms with Crippen molar-refractivity contribution in [2.75, 3.05) is 0 Å². The minimum Gasteiger partial charge on any atom is -0.325 e. The van der Waals surface area contributed by atoms with Crippen molar-refractivity contribution in [3.63, 3.8) is 0 Å². The van der Waals surface area contributed by atoms with Crippen molar-refractivity contribution >= 4 is 6.29 Å². The Labute approximate surface area is 77.7 Å². The second-order valence-electron chi connectivity index (χ2n) is 2.62. The molecular formula is C8H8F2N2O2. The summed E-state index contributed by atoms with van der Waals surface area (Å²) >= 11 is 0. The van der Waals surface area contributed by atoms with Crippen molar-refractivity contribution in [2.24, 2.45) is 5.73 Å². The van der Waals surface area contributed by atoms with E-state index in [9.17, 15) is 18.4 Å². The van der Waals surface area contributed by atoms with Gasteiger partial charge in [-0.05, 0) is 6.07 Å². The number of halogens is 2. The van der Waals surface area contributed by atoms with E-state index in [1.165, 1.54) is 0 Å². The van der Waals surface area contributed by atoms with Crippen LogP contribution in [-0.4, -0.2) is 11.3 Å². The highest BCUT2D eigenvalue weighted by Crippen LogP contribution is 2.19. The maximum Gasteiger partial charge on any atom is 0.264 e. The summed E-state index contributed by atoms with van der Waals surface area (Å²) < 4.78 is 24.7. The van der Waals surface area contributed by atoms with Crippen LogP contribution < -0.4 is 11.3 Å². The van der Waals surface area contributed by atoms with E-state index in [0.29, 0.717) is 0 Å². The molecule has 0 amide bonds. The molecule has 0 bridgehead atoms. The van der Waals surface area contributed by atoms with Crippen molar-refractivity contribution in [2.45, 2.75) is 13.0 Å². The fourth-order valence-corrected chi connectivity index (χ4v) is 1.06. The van der Waals surface area contributed by atoms with Crippen LogP contribution in [0.25, 0.3) is 0 Å². The van der Waals surface area contributed by atoms with Crippen LogP contribution in [0.1, 0.15) is 28.0 Å². The van der Waals surface area contributed by atoms with Gasteiger partial charge in [0.15, 0.2) is 6.29 Å². The molecule has 0 fully saturated rings. The van der Waals surface area contributed by atoms with Crippen molar-refractivity contribution < 1.29 is 13.6 Å². The molecule has 76 valence electrons. The monoisotopic (exact) mass is 202 g/mol. The van der Waals surface area contributed by atoms with Crippen LogP contribution in [0, 0.1) is 0 Å². The van der Waals surface area contributed by atoms with E-state index in [1.807, 2.05) is 0 Å². The maximum atomic E-state index is 12.4. The van der Waals surface area contributed by atoms with E-state index in [0.717, 1.165) is 6.07 Å². The Morgan fingerprint density at radius 2 is 2.21 bits per heavy atom. The van der Waals surface area contributed by atoms with E-state index in [2.05, 4.69) is 4.98 Å². The fraction of sp³-hybridized carbons (Fsp3) is 0.250. The first-order valence-corrected chi connectivity index (χ1v) is 3.79. The molecule has 0 radical (unpaired) electrons. The Kier molecular flexibility index (Phi) is 3.08. The highest BCUT2D eigenvalue weighted by Gasteiger charge is 2.16. The number of carbonyl (C=O) groups excluding carboxylic acids is 1. The number of alkyl halides is 2. The van der Waals surface area contributed by atoms with Gasteiger partial charge in [-0.3, -0.25) is 9.59 Å². The summed E-state index contributed by atoms with van der Waals surface area (Å²) in [6.07, 6.45) is -2.75. The first-order chi connectivity index (χ1) is 6.60. The molecule has 0 saturated heterocycles. The Morgan fingerprint density at radius 3 is 2.64 bits per heavy atom. The highest BCUT2D eigenvalue weighted by molar-refractivity contribution is 5.76. The summed E-state index contributed by atoms with van der Waals surface area (Å²) in [5.41, 5.74) is 3.39. The zero-order valence-electron chi connectivity index (χ0n) is 7.09. The summed E-state index contributed by atoms with van der Waals surface area (Å²) in [7, 11) is 0. The highest BCUT2D eigenvalue weighted by atomic mass is 19.3. The lowest BCUT2D eigenvalue weighted by molar-refractivity contribution is 0.110. The third kappa shape index (κ3) is 1.85. The average Bonchev–Trinajstić information content (AvgIpc) is 2.16. The van der Waals surface area contributed by atoms with Crippen molar-refractivity contribution in [1.29, 1.82) is 0 Å². The quantitative estimate of drug-likeness (QED) is 0.704. The zero-order chi connectivity index (χ0) is 10.7. The number of hydrogen-bond donors (Lipinski definition) is 2. The third-order valence-corrected chi connectivity index (χ3v) is 1.73. The van der Waals surface area contributed by atoms with Crippen LogP contribution in [0.15, 0.2) is 10.9 Å². The molecule has 0 aliphatic rings. The van der Waals surface area contributed by atoms with Crippen LogP contribution in [-0.2, 0) is 6.54 Å². The Bertz CT molecular complexity index is 401. The van der Waals surface area contributed by atoms with E-state index < -0.39 is 23.1 Å². The second kappa shape index (κ2) is 4.10. The van der Waals surface area contributed by atoms with E-state index in [4.69, 9.17) is 5.73 Å². The van der Waals surface area contributed by atoms with Gasteiger partial charge in [-0.2, -0.15) is 0 Å². The summed E-state index contributed by atoms with van der Waals surface area (Å²) in [5, 5.41) is 0. The van der Waals surface area contributed by atoms with Gasteiger partial charge < -0.3 is 10.7 Å². The molecule has 1 aromatic heterocycles. The molecule has 3 N–H and O–H groups in total. The second-order valence-corrected chi connectivity index (χ2v) is 2.62. The van der Waals surface area contributed by atoms with Crippen LogP contribution >= 0.6 is 0 Å². The molecule has 0 aliphatic heterocycles. The molecule has 0 spiro atoms. The molecule has 0 unspecified atom stereocenters. The largest absolute Gasteiger partial charge is 0.325 e. The standard InChI is InChI=1S/C8H8F2N2O2/c9-7(10)5-1-4(2-11)12-8(14)6(5)3-13/h1,3,7H,2,11H2,(H,12,14). The molecule has 0 aliphatic carbocycles. The Hall–Kier alpha value is -1.56. The third-order valence-electron chi connectivity index (χ3n) is 1.73. The molecular weight excluding hydrogens is 194 g/mol. The number of nitrogens with one attached hydrogen (secondary N) is 1. The lowest BCUT2D eigenvalue weighted by Gasteiger charge is -2.04. The number of aldehydes is 1. The molecule has 0 aromatic carbocycles. The number of aromatic amines is 1. The molecule has 1 heterocycles. The van der Waals surface area contributed by atoms with Crippen LogP contribution in [0.2, 0.25) is 0 Å². The summed E-state index contributed by atoms with van der Waals surface area (Å²) in [4.78, 5) is 23.7. The van der Waals surface area contributed by atoms with Gasteiger partial charge in [0, 0.05) is 17.8 Å². The molecule has 0 saturated carbocycles. The summed E-state index contributed by atoms with van der Waals surface area (Å²) in [6.45, 7) is -0.0614. The van der Waals surface area contributed by atoms with Gasteiger partial charge in [-0.25, -0.2) is 8.78 Å². The number of nitrogens with two attached hydrogens (primary N) is 1. The minimum atomic E-state index is -2.86. The first-order valence-electron chi connectivity index (χ1n) is 3.79. The number of hydrogen-bond acceptors (Lipinski definition) is 3. The van der Waals surface area contributed by atoms with Crippen LogP contribution in [0.5, 0.6) is 0 Å². The van der Waals surface area contributed by atoms with E-state index >= 15 is 0 Å². The average molecular weight is 202 g/mol. The predicted molar refractivity (Wildman–Crippen MR) is 45.3 cm³/mol. The topological polar surface area (TPSA) is 76.0 Å². The number of H-pyrrole nitrogens is 1. The maximum absolute atomic E-state index is 12.4. The van der Waals surface area contributed by atoms with E-state index in [-0.39, 0.29) is 18.5 Å². The Balaban J connectivity index is 3.43.